The number of halogens is 2. The Labute approximate surface area is 133 Å². The molecule has 1 aliphatic rings. The fraction of sp³-hybridized carbons (Fsp3) is 0.462. The minimum atomic E-state index is -0.585. The molecule has 2 rings (SSSR count). The van der Waals surface area contributed by atoms with Crippen LogP contribution in [0, 0.1) is 16.0 Å². The predicted molar refractivity (Wildman–Crippen MR) is 83.0 cm³/mol. The molecule has 21 heavy (non-hydrogen) atoms. The van der Waals surface area contributed by atoms with Gasteiger partial charge in [-0.2, -0.15) is 0 Å². The largest absolute Gasteiger partial charge is 0.338 e. The number of nitro benzene ring substituents is 1. The van der Waals surface area contributed by atoms with Crippen LogP contribution in [0.4, 0.5) is 5.69 Å². The molecular weight excluding hydrogens is 317 g/mol. The molecule has 1 amide bonds. The normalized spacial score (nSPS) is 19.0. The Kier molecular flexibility index (Phi) is 5.95. The summed E-state index contributed by atoms with van der Waals surface area (Å²) in [6.45, 7) is 2.96. The van der Waals surface area contributed by atoms with Gasteiger partial charge in [-0.3, -0.25) is 14.9 Å². The van der Waals surface area contributed by atoms with Gasteiger partial charge in [-0.25, -0.2) is 0 Å². The average Bonchev–Trinajstić information content (AvgIpc) is 2.87. The van der Waals surface area contributed by atoms with E-state index in [1.54, 1.807) is 4.90 Å². The van der Waals surface area contributed by atoms with E-state index in [1.165, 1.54) is 18.2 Å². The Morgan fingerprint density at radius 2 is 2.24 bits per heavy atom. The Morgan fingerprint density at radius 3 is 2.76 bits per heavy atom. The summed E-state index contributed by atoms with van der Waals surface area (Å²) in [5.41, 5.74) is 5.54. The molecule has 0 spiro atoms. The molecule has 0 radical (unpaired) electrons. The van der Waals surface area contributed by atoms with Crippen molar-refractivity contribution in [3.05, 3.63) is 38.9 Å². The zero-order valence-electron chi connectivity index (χ0n) is 11.5. The number of hydrogen-bond donors (Lipinski definition) is 1. The van der Waals surface area contributed by atoms with Crippen LogP contribution < -0.4 is 5.73 Å². The fourth-order valence-electron chi connectivity index (χ4n) is 2.44. The maximum atomic E-state index is 12.5. The molecule has 1 heterocycles. The summed E-state index contributed by atoms with van der Waals surface area (Å²) in [6, 6.07) is 4.24. The van der Waals surface area contributed by atoms with E-state index in [0.717, 1.165) is 6.42 Å². The highest BCUT2D eigenvalue weighted by atomic mass is 35.5. The average molecular weight is 334 g/mol. The van der Waals surface area contributed by atoms with Crippen molar-refractivity contribution in [1.82, 2.24) is 4.90 Å². The maximum Gasteiger partial charge on any atom is 0.283 e. The molecule has 0 saturated carbocycles. The molecule has 8 heteroatoms. The molecule has 0 bridgehead atoms. The SMILES string of the molecule is CC(N)C1CCN(C(=O)c2c(Cl)cccc2[N+](=O)[O-])C1.Cl. The van der Waals surface area contributed by atoms with Crippen LogP contribution >= 0.6 is 24.0 Å². The van der Waals surface area contributed by atoms with Crippen LogP contribution in [-0.2, 0) is 0 Å². The predicted octanol–water partition coefficient (Wildman–Crippen LogP) is 2.48. The van der Waals surface area contributed by atoms with Crippen molar-refractivity contribution in [2.45, 2.75) is 19.4 Å². The standard InChI is InChI=1S/C13H16ClN3O3.ClH/c1-8(15)9-5-6-16(7-9)13(18)12-10(14)3-2-4-11(12)17(19)20;/h2-4,8-9H,5-7,15H2,1H3;1H. The number of hydrogen-bond acceptors (Lipinski definition) is 4. The number of nitrogens with two attached hydrogens (primary N) is 1. The highest BCUT2D eigenvalue weighted by Gasteiger charge is 2.33. The summed E-state index contributed by atoms with van der Waals surface area (Å²) in [5, 5.41) is 11.1. The first-order chi connectivity index (χ1) is 9.41. The molecule has 1 fully saturated rings. The summed E-state index contributed by atoms with van der Waals surface area (Å²) in [5.74, 6) is -0.175. The van der Waals surface area contributed by atoms with E-state index in [1.807, 2.05) is 6.92 Å². The lowest BCUT2D eigenvalue weighted by atomic mass is 10.0. The Hall–Kier alpha value is -1.37. The van der Waals surface area contributed by atoms with Crippen molar-refractivity contribution < 1.29 is 9.72 Å². The topological polar surface area (TPSA) is 89.5 Å². The van der Waals surface area contributed by atoms with E-state index >= 15 is 0 Å². The molecule has 2 atom stereocenters. The molecule has 1 aromatic rings. The number of amides is 1. The van der Waals surface area contributed by atoms with E-state index in [9.17, 15) is 14.9 Å². The lowest BCUT2D eigenvalue weighted by Crippen LogP contribution is -2.33. The molecule has 1 aromatic carbocycles. The van der Waals surface area contributed by atoms with Crippen LogP contribution in [0.5, 0.6) is 0 Å². The molecule has 116 valence electrons. The second-order valence-electron chi connectivity index (χ2n) is 5.05. The van der Waals surface area contributed by atoms with Crippen LogP contribution in [0.3, 0.4) is 0 Å². The van der Waals surface area contributed by atoms with Crippen LogP contribution in [0.1, 0.15) is 23.7 Å². The van der Waals surface area contributed by atoms with E-state index in [0.29, 0.717) is 13.1 Å². The van der Waals surface area contributed by atoms with Gasteiger partial charge in [0, 0.05) is 25.2 Å². The second-order valence-corrected chi connectivity index (χ2v) is 5.46. The third kappa shape index (κ3) is 3.64. The quantitative estimate of drug-likeness (QED) is 0.679. The zero-order chi connectivity index (χ0) is 14.9. The molecule has 2 N–H and O–H groups in total. The number of rotatable bonds is 3. The van der Waals surface area contributed by atoms with Crippen molar-refractivity contribution in [3.8, 4) is 0 Å². The second kappa shape index (κ2) is 7.06. The number of benzene rings is 1. The summed E-state index contributed by atoms with van der Waals surface area (Å²) in [4.78, 5) is 24.5. The third-order valence-electron chi connectivity index (χ3n) is 3.66. The van der Waals surface area contributed by atoms with Gasteiger partial charge in [0.2, 0.25) is 0 Å². The zero-order valence-corrected chi connectivity index (χ0v) is 13.1. The summed E-state index contributed by atoms with van der Waals surface area (Å²) >= 11 is 5.97. The maximum absolute atomic E-state index is 12.5. The van der Waals surface area contributed by atoms with Gasteiger partial charge in [0.15, 0.2) is 0 Å². The Morgan fingerprint density at radius 1 is 1.57 bits per heavy atom. The first kappa shape index (κ1) is 17.7. The van der Waals surface area contributed by atoms with Crippen molar-refractivity contribution in [3.63, 3.8) is 0 Å². The van der Waals surface area contributed by atoms with Gasteiger partial charge in [-0.15, -0.1) is 12.4 Å². The van der Waals surface area contributed by atoms with Crippen molar-refractivity contribution in [1.29, 1.82) is 0 Å². The van der Waals surface area contributed by atoms with E-state index in [-0.39, 0.29) is 40.6 Å². The summed E-state index contributed by atoms with van der Waals surface area (Å²) < 4.78 is 0. The van der Waals surface area contributed by atoms with Gasteiger partial charge in [0.25, 0.3) is 11.6 Å². The molecule has 0 aliphatic carbocycles. The number of carbonyl (C=O) groups excluding carboxylic acids is 1. The van der Waals surface area contributed by atoms with Gasteiger partial charge < -0.3 is 10.6 Å². The molecule has 1 saturated heterocycles. The lowest BCUT2D eigenvalue weighted by Gasteiger charge is -2.18. The molecule has 0 aromatic heterocycles. The van der Waals surface area contributed by atoms with Crippen LogP contribution in [0.15, 0.2) is 18.2 Å². The van der Waals surface area contributed by atoms with E-state index < -0.39 is 10.8 Å². The van der Waals surface area contributed by atoms with Crippen LogP contribution in [-0.4, -0.2) is 34.9 Å². The minimum Gasteiger partial charge on any atom is -0.338 e. The first-order valence-corrected chi connectivity index (χ1v) is 6.77. The number of nitro groups is 1. The first-order valence-electron chi connectivity index (χ1n) is 6.39. The monoisotopic (exact) mass is 333 g/mol. The summed E-state index contributed by atoms with van der Waals surface area (Å²) in [7, 11) is 0. The highest BCUT2D eigenvalue weighted by Crippen LogP contribution is 2.30. The number of likely N-dealkylation sites (tertiary alicyclic amines) is 1. The van der Waals surface area contributed by atoms with Crippen molar-refractivity contribution in [2.75, 3.05) is 13.1 Å². The Bertz CT molecular complexity index is 551. The molecule has 1 aliphatic heterocycles. The molecule has 2 unspecified atom stereocenters. The van der Waals surface area contributed by atoms with Crippen LogP contribution in [0.25, 0.3) is 0 Å². The van der Waals surface area contributed by atoms with Gasteiger partial charge in [-0.05, 0) is 25.3 Å². The van der Waals surface area contributed by atoms with Gasteiger partial charge in [0.1, 0.15) is 5.56 Å². The molecular formula is C13H17Cl2N3O3. The van der Waals surface area contributed by atoms with Crippen molar-refractivity contribution >= 4 is 35.6 Å². The smallest absolute Gasteiger partial charge is 0.283 e. The van der Waals surface area contributed by atoms with Crippen molar-refractivity contribution in [2.24, 2.45) is 11.7 Å². The van der Waals surface area contributed by atoms with E-state index in [4.69, 9.17) is 17.3 Å². The number of carbonyl (C=O) groups is 1. The minimum absolute atomic E-state index is 0. The molecule has 6 nitrogen and oxygen atoms in total. The van der Waals surface area contributed by atoms with E-state index in [2.05, 4.69) is 0 Å². The highest BCUT2D eigenvalue weighted by molar-refractivity contribution is 6.34. The third-order valence-corrected chi connectivity index (χ3v) is 3.97. The van der Waals surface area contributed by atoms with Gasteiger partial charge in [-0.1, -0.05) is 17.7 Å². The fourth-order valence-corrected chi connectivity index (χ4v) is 2.69. The number of nitrogens with zero attached hydrogens (tertiary/aromatic N) is 2. The summed E-state index contributed by atoms with van der Waals surface area (Å²) in [6.07, 6.45) is 0.807. The van der Waals surface area contributed by atoms with Crippen LogP contribution in [0.2, 0.25) is 5.02 Å². The lowest BCUT2D eigenvalue weighted by molar-refractivity contribution is -0.385. The Balaban J connectivity index is 0.00000220. The van der Waals surface area contributed by atoms with Gasteiger partial charge >= 0.3 is 0 Å². The van der Waals surface area contributed by atoms with Gasteiger partial charge in [0.05, 0.1) is 9.95 Å².